The molecule has 3 aromatic rings. The number of hydrogen-bond donors (Lipinski definition) is 1. The Balaban J connectivity index is 2.25. The van der Waals surface area contributed by atoms with Crippen LogP contribution in [0.4, 0.5) is 5.82 Å². The summed E-state index contributed by atoms with van der Waals surface area (Å²) in [6, 6.07) is 3.57. The van der Waals surface area contributed by atoms with Crippen molar-refractivity contribution >= 4 is 50.6 Å². The minimum atomic E-state index is 0.402. The molecule has 19 heavy (non-hydrogen) atoms. The van der Waals surface area contributed by atoms with E-state index in [0.717, 1.165) is 15.1 Å². The van der Waals surface area contributed by atoms with Gasteiger partial charge in [0, 0.05) is 11.1 Å². The minimum absolute atomic E-state index is 0.402. The Morgan fingerprint density at radius 3 is 2.74 bits per heavy atom. The molecule has 0 saturated carbocycles. The van der Waals surface area contributed by atoms with E-state index in [-0.39, 0.29) is 0 Å². The van der Waals surface area contributed by atoms with Crippen LogP contribution in [0.3, 0.4) is 0 Å². The second-order valence-electron chi connectivity index (χ2n) is 3.99. The van der Waals surface area contributed by atoms with Crippen molar-refractivity contribution in [2.45, 2.75) is 6.92 Å². The molecule has 0 fully saturated rings. The number of thiophene rings is 1. The molecule has 3 rings (SSSR count). The van der Waals surface area contributed by atoms with Crippen molar-refractivity contribution in [1.29, 1.82) is 0 Å². The SMILES string of the molecule is Cc1cc2c(N)nc(-c3ncc(Cl)cc3Cl)nc2s1. The number of rotatable bonds is 1. The predicted molar refractivity (Wildman–Crippen MR) is 79.8 cm³/mol. The highest BCUT2D eigenvalue weighted by Crippen LogP contribution is 2.31. The van der Waals surface area contributed by atoms with E-state index in [1.807, 2.05) is 13.0 Å². The normalized spacial score (nSPS) is 11.1. The van der Waals surface area contributed by atoms with Gasteiger partial charge in [-0.2, -0.15) is 0 Å². The molecule has 0 unspecified atom stereocenters. The number of nitrogen functional groups attached to an aromatic ring is 1. The van der Waals surface area contributed by atoms with Gasteiger partial charge in [-0.05, 0) is 19.1 Å². The summed E-state index contributed by atoms with van der Waals surface area (Å²) in [7, 11) is 0. The number of nitrogens with zero attached hydrogens (tertiary/aromatic N) is 3. The molecule has 2 N–H and O–H groups in total. The zero-order valence-electron chi connectivity index (χ0n) is 9.82. The zero-order chi connectivity index (χ0) is 13.6. The van der Waals surface area contributed by atoms with Gasteiger partial charge in [0.05, 0.1) is 15.4 Å². The van der Waals surface area contributed by atoms with Gasteiger partial charge in [-0.3, -0.25) is 0 Å². The second-order valence-corrected chi connectivity index (χ2v) is 6.07. The summed E-state index contributed by atoms with van der Waals surface area (Å²) in [4.78, 5) is 14.8. The first kappa shape index (κ1) is 12.6. The molecule has 0 bridgehead atoms. The number of hydrogen-bond acceptors (Lipinski definition) is 5. The van der Waals surface area contributed by atoms with Gasteiger partial charge in [-0.15, -0.1) is 11.3 Å². The minimum Gasteiger partial charge on any atom is -0.383 e. The van der Waals surface area contributed by atoms with E-state index in [4.69, 9.17) is 28.9 Å². The Morgan fingerprint density at radius 1 is 1.21 bits per heavy atom. The lowest BCUT2D eigenvalue weighted by Gasteiger charge is -2.04. The predicted octanol–water partition coefficient (Wildman–Crippen LogP) is 3.95. The molecule has 96 valence electrons. The van der Waals surface area contributed by atoms with Crippen LogP contribution in [-0.2, 0) is 0 Å². The van der Waals surface area contributed by atoms with Crippen molar-refractivity contribution < 1.29 is 0 Å². The van der Waals surface area contributed by atoms with Crippen LogP contribution in [0.5, 0.6) is 0 Å². The first-order valence-corrected chi connectivity index (χ1v) is 6.97. The summed E-state index contributed by atoms with van der Waals surface area (Å²) >= 11 is 13.5. The Hall–Kier alpha value is -1.43. The number of aryl methyl sites for hydroxylation is 1. The highest BCUT2D eigenvalue weighted by atomic mass is 35.5. The summed E-state index contributed by atoms with van der Waals surface area (Å²) in [6.07, 6.45) is 1.51. The van der Waals surface area contributed by atoms with Crippen molar-refractivity contribution in [1.82, 2.24) is 15.0 Å². The average molecular weight is 311 g/mol. The smallest absolute Gasteiger partial charge is 0.183 e. The molecule has 4 nitrogen and oxygen atoms in total. The molecule has 3 heterocycles. The van der Waals surface area contributed by atoms with Crippen LogP contribution in [0.1, 0.15) is 4.88 Å². The number of halogens is 2. The highest BCUT2D eigenvalue weighted by molar-refractivity contribution is 7.18. The van der Waals surface area contributed by atoms with Crippen LogP contribution in [0.15, 0.2) is 18.3 Å². The Labute approximate surface area is 123 Å². The number of pyridine rings is 1. The molecule has 0 aromatic carbocycles. The first-order valence-electron chi connectivity index (χ1n) is 5.39. The lowest BCUT2D eigenvalue weighted by atomic mass is 10.3. The molecule has 0 spiro atoms. The molecule has 0 aliphatic heterocycles. The van der Waals surface area contributed by atoms with E-state index >= 15 is 0 Å². The van der Waals surface area contributed by atoms with Crippen LogP contribution in [0.25, 0.3) is 21.7 Å². The molecular weight excluding hydrogens is 303 g/mol. The average Bonchev–Trinajstić information content (AvgIpc) is 2.70. The Morgan fingerprint density at radius 2 is 2.00 bits per heavy atom. The zero-order valence-corrected chi connectivity index (χ0v) is 12.1. The van der Waals surface area contributed by atoms with Crippen molar-refractivity contribution in [3.05, 3.63) is 33.3 Å². The van der Waals surface area contributed by atoms with Crippen LogP contribution in [-0.4, -0.2) is 15.0 Å². The second kappa shape index (κ2) is 4.59. The van der Waals surface area contributed by atoms with Crippen molar-refractivity contribution in [3.63, 3.8) is 0 Å². The molecule has 0 aliphatic carbocycles. The summed E-state index contributed by atoms with van der Waals surface area (Å²) in [5.74, 6) is 0.839. The van der Waals surface area contributed by atoms with Gasteiger partial charge >= 0.3 is 0 Å². The molecule has 7 heteroatoms. The third kappa shape index (κ3) is 2.25. The van der Waals surface area contributed by atoms with Gasteiger partial charge < -0.3 is 5.73 Å². The van der Waals surface area contributed by atoms with E-state index in [2.05, 4.69) is 15.0 Å². The van der Waals surface area contributed by atoms with Gasteiger partial charge in [0.1, 0.15) is 16.3 Å². The van der Waals surface area contributed by atoms with Crippen LogP contribution < -0.4 is 5.73 Å². The fourth-order valence-electron chi connectivity index (χ4n) is 1.75. The Bertz CT molecular complexity index is 785. The molecule has 3 aromatic heterocycles. The van der Waals surface area contributed by atoms with Crippen LogP contribution in [0, 0.1) is 6.92 Å². The maximum atomic E-state index is 6.11. The van der Waals surface area contributed by atoms with Gasteiger partial charge in [-0.1, -0.05) is 23.2 Å². The number of anilines is 1. The van der Waals surface area contributed by atoms with Crippen molar-refractivity contribution in [2.24, 2.45) is 0 Å². The highest BCUT2D eigenvalue weighted by Gasteiger charge is 2.13. The number of aromatic nitrogens is 3. The maximum Gasteiger partial charge on any atom is 0.183 e. The van der Waals surface area contributed by atoms with Gasteiger partial charge in [0.25, 0.3) is 0 Å². The summed E-state index contributed by atoms with van der Waals surface area (Å²) in [6.45, 7) is 2.00. The van der Waals surface area contributed by atoms with Gasteiger partial charge in [0.2, 0.25) is 0 Å². The van der Waals surface area contributed by atoms with Crippen LogP contribution >= 0.6 is 34.5 Å². The summed E-state index contributed by atoms with van der Waals surface area (Å²) < 4.78 is 0. The van der Waals surface area contributed by atoms with E-state index < -0.39 is 0 Å². The van der Waals surface area contributed by atoms with Gasteiger partial charge in [0.15, 0.2) is 5.82 Å². The van der Waals surface area contributed by atoms with Gasteiger partial charge in [-0.25, -0.2) is 15.0 Å². The largest absolute Gasteiger partial charge is 0.383 e. The van der Waals surface area contributed by atoms with E-state index in [0.29, 0.717) is 27.4 Å². The standard InChI is InChI=1S/C12H8Cl2N4S/c1-5-2-7-10(15)17-11(18-12(7)19-5)9-8(14)3-6(13)4-16-9/h2-4H,1H3,(H2,15,17,18). The number of nitrogens with two attached hydrogens (primary N) is 1. The number of fused-ring (bicyclic) bond motifs is 1. The fourth-order valence-corrected chi connectivity index (χ4v) is 3.10. The van der Waals surface area contributed by atoms with Crippen molar-refractivity contribution in [3.8, 4) is 11.5 Å². The molecule has 0 atom stereocenters. The molecule has 0 aliphatic rings. The Kier molecular flexibility index (Phi) is 3.05. The summed E-state index contributed by atoms with van der Waals surface area (Å²) in [5.41, 5.74) is 6.42. The quantitative estimate of drug-likeness (QED) is 0.739. The molecular formula is C12H8Cl2N4S. The molecule has 0 amide bonds. The van der Waals surface area contributed by atoms with E-state index in [1.54, 1.807) is 17.4 Å². The third-order valence-corrected chi connectivity index (χ3v) is 4.00. The third-order valence-electron chi connectivity index (χ3n) is 2.57. The van der Waals surface area contributed by atoms with Crippen molar-refractivity contribution in [2.75, 3.05) is 5.73 Å². The lowest BCUT2D eigenvalue weighted by Crippen LogP contribution is -1.97. The van der Waals surface area contributed by atoms with E-state index in [1.165, 1.54) is 6.20 Å². The monoisotopic (exact) mass is 310 g/mol. The van der Waals surface area contributed by atoms with E-state index in [9.17, 15) is 0 Å². The maximum absolute atomic E-state index is 6.11. The molecule has 0 radical (unpaired) electrons. The molecule has 0 saturated heterocycles. The topological polar surface area (TPSA) is 64.7 Å². The van der Waals surface area contributed by atoms with Crippen LogP contribution in [0.2, 0.25) is 10.0 Å². The lowest BCUT2D eigenvalue weighted by molar-refractivity contribution is 1.19. The summed E-state index contributed by atoms with van der Waals surface area (Å²) in [5, 5.41) is 1.73. The fraction of sp³-hybridized carbons (Fsp3) is 0.0833. The first-order chi connectivity index (χ1) is 9.04.